The highest BCUT2D eigenvalue weighted by Gasteiger charge is 2.23. The van der Waals surface area contributed by atoms with Crippen LogP contribution in [-0.2, 0) is 0 Å². The monoisotopic (exact) mass is 218 g/mol. The average molecular weight is 219 g/mol. The molecule has 1 saturated carbocycles. The van der Waals surface area contributed by atoms with Crippen molar-refractivity contribution >= 4 is 15.9 Å². The minimum absolute atomic E-state index is 0.766. The Labute approximate surface area is 78.9 Å². The van der Waals surface area contributed by atoms with Crippen molar-refractivity contribution in [3.05, 3.63) is 0 Å². The molecule has 0 aromatic heterocycles. The second kappa shape index (κ2) is 4.49. The van der Waals surface area contributed by atoms with Crippen LogP contribution >= 0.6 is 15.9 Å². The Morgan fingerprint density at radius 3 is 2.09 bits per heavy atom. The summed E-state index contributed by atoms with van der Waals surface area (Å²) in [7, 11) is 0. The molecule has 1 atom stereocenters. The zero-order valence-electron chi connectivity index (χ0n) is 7.65. The van der Waals surface area contributed by atoms with Crippen molar-refractivity contribution in [2.24, 2.45) is 11.8 Å². The number of hydrogen-bond acceptors (Lipinski definition) is 0. The van der Waals surface area contributed by atoms with Gasteiger partial charge < -0.3 is 0 Å². The van der Waals surface area contributed by atoms with Gasteiger partial charge in [-0.05, 0) is 24.7 Å². The largest absolute Gasteiger partial charge is 0.0885 e. The maximum Gasteiger partial charge on any atom is 0.0197 e. The van der Waals surface area contributed by atoms with Crippen molar-refractivity contribution in [1.82, 2.24) is 0 Å². The highest BCUT2D eigenvalue weighted by molar-refractivity contribution is 9.09. The van der Waals surface area contributed by atoms with Crippen molar-refractivity contribution in [3.8, 4) is 0 Å². The molecule has 0 amide bonds. The molecule has 0 aromatic carbocycles. The number of halogens is 1. The summed E-state index contributed by atoms with van der Waals surface area (Å²) in [5.74, 6) is 1.77. The van der Waals surface area contributed by atoms with E-state index < -0.39 is 0 Å². The minimum Gasteiger partial charge on any atom is -0.0885 e. The zero-order valence-corrected chi connectivity index (χ0v) is 9.23. The summed E-state index contributed by atoms with van der Waals surface area (Å²) in [6.45, 7) is 4.63. The van der Waals surface area contributed by atoms with Crippen LogP contribution in [0.2, 0.25) is 0 Å². The molecule has 1 rings (SSSR count). The molecule has 1 fully saturated rings. The van der Waals surface area contributed by atoms with E-state index in [1.807, 2.05) is 0 Å². The van der Waals surface area contributed by atoms with E-state index >= 15 is 0 Å². The Morgan fingerprint density at radius 2 is 1.64 bits per heavy atom. The van der Waals surface area contributed by atoms with Crippen LogP contribution in [0.4, 0.5) is 0 Å². The maximum atomic E-state index is 3.80. The van der Waals surface area contributed by atoms with Gasteiger partial charge in [-0.1, -0.05) is 49.0 Å². The Bertz CT molecular complexity index is 103. The molecule has 0 N–H and O–H groups in total. The summed E-state index contributed by atoms with van der Waals surface area (Å²) in [4.78, 5) is 0.766. The molecule has 11 heavy (non-hydrogen) atoms. The summed E-state index contributed by atoms with van der Waals surface area (Å²) in [6, 6.07) is 0. The topological polar surface area (TPSA) is 0 Å². The first kappa shape index (κ1) is 9.57. The molecule has 0 radical (unpaired) electrons. The van der Waals surface area contributed by atoms with Gasteiger partial charge in [0.2, 0.25) is 0 Å². The van der Waals surface area contributed by atoms with Gasteiger partial charge >= 0.3 is 0 Å². The molecule has 66 valence electrons. The minimum atomic E-state index is 0.766. The van der Waals surface area contributed by atoms with Crippen LogP contribution < -0.4 is 0 Å². The molecule has 0 heterocycles. The molecular formula is C10H19Br. The van der Waals surface area contributed by atoms with Gasteiger partial charge in [-0.2, -0.15) is 0 Å². The lowest BCUT2D eigenvalue weighted by atomic mass is 9.84. The third kappa shape index (κ3) is 2.77. The second-order valence-corrected chi connectivity index (χ2v) is 5.14. The van der Waals surface area contributed by atoms with E-state index in [2.05, 4.69) is 29.8 Å². The van der Waals surface area contributed by atoms with Crippen molar-refractivity contribution in [3.63, 3.8) is 0 Å². The van der Waals surface area contributed by atoms with Crippen molar-refractivity contribution in [2.75, 3.05) is 0 Å². The highest BCUT2D eigenvalue weighted by Crippen LogP contribution is 2.33. The van der Waals surface area contributed by atoms with E-state index in [1.165, 1.54) is 32.1 Å². The molecule has 1 aliphatic carbocycles. The molecule has 1 aliphatic rings. The van der Waals surface area contributed by atoms with Crippen LogP contribution in [-0.4, -0.2) is 4.83 Å². The third-order valence-electron chi connectivity index (χ3n) is 2.74. The Kier molecular flexibility index (Phi) is 3.91. The SMILES string of the molecule is CC(C)C(Br)C1CCCCC1. The second-order valence-electron chi connectivity index (χ2n) is 4.09. The van der Waals surface area contributed by atoms with Crippen LogP contribution in [0.25, 0.3) is 0 Å². The molecule has 0 bridgehead atoms. The molecular weight excluding hydrogens is 200 g/mol. The fourth-order valence-corrected chi connectivity index (χ4v) is 2.53. The van der Waals surface area contributed by atoms with Gasteiger partial charge in [-0.3, -0.25) is 0 Å². The smallest absolute Gasteiger partial charge is 0.0197 e. The van der Waals surface area contributed by atoms with Crippen LogP contribution in [0, 0.1) is 11.8 Å². The predicted octanol–water partition coefficient (Wildman–Crippen LogP) is 3.99. The zero-order chi connectivity index (χ0) is 8.27. The van der Waals surface area contributed by atoms with Crippen molar-refractivity contribution in [1.29, 1.82) is 0 Å². The summed E-state index contributed by atoms with van der Waals surface area (Å²) < 4.78 is 0. The highest BCUT2D eigenvalue weighted by atomic mass is 79.9. The van der Waals surface area contributed by atoms with E-state index in [1.54, 1.807) is 0 Å². The fourth-order valence-electron chi connectivity index (χ4n) is 2.00. The number of hydrogen-bond donors (Lipinski definition) is 0. The van der Waals surface area contributed by atoms with Crippen molar-refractivity contribution in [2.45, 2.75) is 50.8 Å². The van der Waals surface area contributed by atoms with Gasteiger partial charge in [0.25, 0.3) is 0 Å². The van der Waals surface area contributed by atoms with Gasteiger partial charge in [0.15, 0.2) is 0 Å². The summed E-state index contributed by atoms with van der Waals surface area (Å²) in [6.07, 6.45) is 7.29. The van der Waals surface area contributed by atoms with Crippen LogP contribution in [0.15, 0.2) is 0 Å². The van der Waals surface area contributed by atoms with E-state index in [9.17, 15) is 0 Å². The lowest BCUT2D eigenvalue weighted by molar-refractivity contribution is 0.319. The summed E-state index contributed by atoms with van der Waals surface area (Å²) >= 11 is 3.80. The van der Waals surface area contributed by atoms with Gasteiger partial charge in [-0.25, -0.2) is 0 Å². The molecule has 0 saturated heterocycles. The Morgan fingerprint density at radius 1 is 1.09 bits per heavy atom. The fraction of sp³-hybridized carbons (Fsp3) is 1.00. The van der Waals surface area contributed by atoms with Gasteiger partial charge in [0, 0.05) is 4.83 Å². The standard InChI is InChI=1S/C10H19Br/c1-8(2)10(11)9-6-4-3-5-7-9/h8-10H,3-7H2,1-2H3. The first-order chi connectivity index (χ1) is 5.22. The first-order valence-corrected chi connectivity index (χ1v) is 5.77. The third-order valence-corrected chi connectivity index (χ3v) is 4.54. The van der Waals surface area contributed by atoms with Gasteiger partial charge in [-0.15, -0.1) is 0 Å². The summed E-state index contributed by atoms with van der Waals surface area (Å²) in [5, 5.41) is 0. The summed E-state index contributed by atoms with van der Waals surface area (Å²) in [5.41, 5.74) is 0. The lowest BCUT2D eigenvalue weighted by Crippen LogP contribution is -2.22. The number of alkyl halides is 1. The van der Waals surface area contributed by atoms with Gasteiger partial charge in [0.05, 0.1) is 0 Å². The average Bonchev–Trinajstić information content (AvgIpc) is 2.05. The molecule has 0 nitrogen and oxygen atoms in total. The molecule has 0 aromatic rings. The molecule has 0 spiro atoms. The van der Waals surface area contributed by atoms with E-state index in [0.29, 0.717) is 0 Å². The van der Waals surface area contributed by atoms with Crippen LogP contribution in [0.3, 0.4) is 0 Å². The first-order valence-electron chi connectivity index (χ1n) is 4.86. The Hall–Kier alpha value is 0.480. The van der Waals surface area contributed by atoms with E-state index in [-0.39, 0.29) is 0 Å². The van der Waals surface area contributed by atoms with Gasteiger partial charge in [0.1, 0.15) is 0 Å². The van der Waals surface area contributed by atoms with Crippen LogP contribution in [0.5, 0.6) is 0 Å². The molecule has 1 heteroatoms. The van der Waals surface area contributed by atoms with E-state index in [0.717, 1.165) is 16.7 Å². The number of rotatable bonds is 2. The molecule has 0 aliphatic heterocycles. The van der Waals surface area contributed by atoms with Crippen LogP contribution in [0.1, 0.15) is 46.0 Å². The maximum absolute atomic E-state index is 3.80. The lowest BCUT2D eigenvalue weighted by Gasteiger charge is -2.28. The Balaban J connectivity index is 2.32. The quantitative estimate of drug-likeness (QED) is 0.616. The normalized spacial score (nSPS) is 24.0. The molecule has 1 unspecified atom stereocenters. The van der Waals surface area contributed by atoms with E-state index in [4.69, 9.17) is 0 Å². The van der Waals surface area contributed by atoms with Crippen molar-refractivity contribution < 1.29 is 0 Å². The predicted molar refractivity (Wildman–Crippen MR) is 54.1 cm³/mol.